The summed E-state index contributed by atoms with van der Waals surface area (Å²) in [6.07, 6.45) is 14.3. The van der Waals surface area contributed by atoms with Crippen molar-refractivity contribution in [2.75, 3.05) is 19.8 Å². The molecular weight excluding hydrogens is 642 g/mol. The van der Waals surface area contributed by atoms with Gasteiger partial charge in [0.15, 0.2) is 17.5 Å². The number of aromatic nitrogens is 3. The molecule has 0 fully saturated rings. The number of hydrogen-bond acceptors (Lipinski definition) is 9. The fourth-order valence-corrected chi connectivity index (χ4v) is 5.55. The number of nitrogens with zero attached hydrogens (tertiary/aromatic N) is 3. The number of unbranched alkanes of at least 4 members (excludes halogenated alkanes) is 11. The minimum atomic E-state index is -0.307. The molecule has 0 saturated carbocycles. The molecule has 1 heterocycles. The van der Waals surface area contributed by atoms with Crippen molar-refractivity contribution in [3.8, 4) is 57.2 Å². The number of phenols is 2. The Morgan fingerprint density at radius 2 is 1.06 bits per heavy atom. The highest BCUT2D eigenvalue weighted by Gasteiger charge is 2.17. The minimum Gasteiger partial charge on any atom is -0.507 e. The molecule has 51 heavy (non-hydrogen) atoms. The van der Waals surface area contributed by atoms with Crippen LogP contribution in [0, 0.1) is 0 Å². The Kier molecular flexibility index (Phi) is 16.3. The summed E-state index contributed by atoms with van der Waals surface area (Å²) in [6, 6.07) is 19.8. The van der Waals surface area contributed by atoms with Gasteiger partial charge in [0.2, 0.25) is 0 Å². The Bertz CT molecular complexity index is 1680. The first-order valence-electron chi connectivity index (χ1n) is 18.4. The van der Waals surface area contributed by atoms with Crippen LogP contribution in [0.25, 0.3) is 34.2 Å². The molecule has 0 spiro atoms. The lowest BCUT2D eigenvalue weighted by Crippen LogP contribution is -2.05. The van der Waals surface area contributed by atoms with E-state index in [1.807, 2.05) is 42.5 Å². The molecule has 9 nitrogen and oxygen atoms in total. The molecule has 0 bridgehead atoms. The number of rotatable bonds is 23. The zero-order valence-electron chi connectivity index (χ0n) is 30.2. The van der Waals surface area contributed by atoms with Gasteiger partial charge in [0.1, 0.15) is 23.0 Å². The van der Waals surface area contributed by atoms with Crippen LogP contribution < -0.4 is 9.47 Å². The van der Waals surface area contributed by atoms with Gasteiger partial charge in [-0.2, -0.15) is 0 Å². The van der Waals surface area contributed by atoms with E-state index in [9.17, 15) is 15.0 Å². The van der Waals surface area contributed by atoms with Crippen molar-refractivity contribution in [1.29, 1.82) is 0 Å². The smallest absolute Gasteiger partial charge is 0.333 e. The Morgan fingerprint density at radius 1 is 0.608 bits per heavy atom. The average molecular weight is 696 g/mol. The van der Waals surface area contributed by atoms with Gasteiger partial charge in [-0.15, -0.1) is 0 Å². The molecule has 9 heteroatoms. The number of carbonyl (C=O) groups excluding carboxylic acids is 1. The van der Waals surface area contributed by atoms with E-state index in [2.05, 4.69) is 18.5 Å². The van der Waals surface area contributed by atoms with Crippen molar-refractivity contribution in [3.05, 3.63) is 78.9 Å². The molecule has 272 valence electrons. The van der Waals surface area contributed by atoms with Crippen LogP contribution in [-0.4, -0.2) is 51.0 Å². The summed E-state index contributed by atoms with van der Waals surface area (Å²) < 4.78 is 16.9. The van der Waals surface area contributed by atoms with Gasteiger partial charge in [-0.25, -0.2) is 19.7 Å². The van der Waals surface area contributed by atoms with Crippen LogP contribution in [0.2, 0.25) is 0 Å². The summed E-state index contributed by atoms with van der Waals surface area (Å²) in [5.74, 6) is 1.84. The summed E-state index contributed by atoms with van der Waals surface area (Å²) in [6.45, 7) is 9.05. The predicted octanol–water partition coefficient (Wildman–Crippen LogP) is 10.3. The first kappa shape index (κ1) is 38.9. The Hall–Kier alpha value is -4.92. The van der Waals surface area contributed by atoms with Crippen molar-refractivity contribution in [3.63, 3.8) is 0 Å². The van der Waals surface area contributed by atoms with E-state index >= 15 is 0 Å². The standard InChI is InChI=1S/C42H53N3O6/c1-4-5-6-17-26-49-33-22-24-35(37(46)29-33)40-43-39(32-20-15-14-16-21-32)44-41(45-40)36-25-23-34(30-38(36)47)50-27-18-12-10-8-7-9-11-13-19-28-51-42(48)31(2)3/h14-16,20-25,29-30,46-47H,2,4-13,17-19,26-28H2,1,3H3. The SMILES string of the molecule is C=C(C)C(=O)OCCCCCCCCCCCOc1ccc(-c2nc(-c3ccccc3)nc(-c3ccc(OCCCCCC)cc3O)n2)c(O)c1. The quantitative estimate of drug-likeness (QED) is 0.0443. The van der Waals surface area contributed by atoms with E-state index in [1.165, 1.54) is 25.7 Å². The van der Waals surface area contributed by atoms with Gasteiger partial charge in [0, 0.05) is 23.3 Å². The molecule has 0 amide bonds. The number of carbonyl (C=O) groups is 1. The molecule has 4 rings (SSSR count). The second kappa shape index (κ2) is 21.3. The molecule has 0 atom stereocenters. The maximum Gasteiger partial charge on any atom is 0.333 e. The molecule has 0 aliphatic rings. The van der Waals surface area contributed by atoms with Crippen LogP contribution >= 0.6 is 0 Å². The molecule has 0 aliphatic carbocycles. The monoisotopic (exact) mass is 695 g/mol. The van der Waals surface area contributed by atoms with Crippen LogP contribution in [-0.2, 0) is 9.53 Å². The van der Waals surface area contributed by atoms with E-state index in [-0.39, 0.29) is 29.1 Å². The Labute approximate surface area is 302 Å². The number of benzene rings is 3. The molecule has 0 radical (unpaired) electrons. The largest absolute Gasteiger partial charge is 0.507 e. The molecule has 0 aliphatic heterocycles. The lowest BCUT2D eigenvalue weighted by Gasteiger charge is -2.12. The lowest BCUT2D eigenvalue weighted by atomic mass is 10.1. The fourth-order valence-electron chi connectivity index (χ4n) is 5.55. The molecule has 3 aromatic carbocycles. The van der Waals surface area contributed by atoms with E-state index in [4.69, 9.17) is 24.2 Å². The zero-order valence-corrected chi connectivity index (χ0v) is 30.2. The maximum atomic E-state index is 11.4. The minimum absolute atomic E-state index is 0.000867. The van der Waals surface area contributed by atoms with E-state index in [0.29, 0.717) is 53.8 Å². The summed E-state index contributed by atoms with van der Waals surface area (Å²) in [4.78, 5) is 25.5. The number of esters is 1. The highest BCUT2D eigenvalue weighted by molar-refractivity contribution is 5.86. The van der Waals surface area contributed by atoms with Gasteiger partial charge in [0.25, 0.3) is 0 Å². The number of ether oxygens (including phenoxy) is 3. The average Bonchev–Trinajstić information content (AvgIpc) is 3.13. The number of aromatic hydroxyl groups is 2. The normalized spacial score (nSPS) is 10.9. The van der Waals surface area contributed by atoms with Gasteiger partial charge in [-0.1, -0.05) is 108 Å². The van der Waals surface area contributed by atoms with Crippen molar-refractivity contribution in [2.45, 2.75) is 97.3 Å². The molecule has 1 aromatic heterocycles. The molecule has 0 unspecified atom stereocenters. The summed E-state index contributed by atoms with van der Waals surface area (Å²) >= 11 is 0. The first-order valence-corrected chi connectivity index (χ1v) is 18.4. The summed E-state index contributed by atoms with van der Waals surface area (Å²) in [7, 11) is 0. The van der Waals surface area contributed by atoms with Crippen molar-refractivity contribution in [1.82, 2.24) is 15.0 Å². The third kappa shape index (κ3) is 13.0. The van der Waals surface area contributed by atoms with Crippen LogP contribution in [0.5, 0.6) is 23.0 Å². The van der Waals surface area contributed by atoms with Crippen molar-refractivity contribution >= 4 is 5.97 Å². The second-order valence-corrected chi connectivity index (χ2v) is 12.9. The highest BCUT2D eigenvalue weighted by atomic mass is 16.5. The lowest BCUT2D eigenvalue weighted by molar-refractivity contribution is -0.139. The van der Waals surface area contributed by atoms with Crippen molar-refractivity contribution < 1.29 is 29.2 Å². The molecular formula is C42H53N3O6. The third-order valence-corrected chi connectivity index (χ3v) is 8.49. The van der Waals surface area contributed by atoms with Gasteiger partial charge in [-0.05, 0) is 50.5 Å². The summed E-state index contributed by atoms with van der Waals surface area (Å²) in [5.41, 5.74) is 2.10. The van der Waals surface area contributed by atoms with E-state index < -0.39 is 0 Å². The second-order valence-electron chi connectivity index (χ2n) is 12.9. The highest BCUT2D eigenvalue weighted by Crippen LogP contribution is 2.35. The Morgan fingerprint density at radius 3 is 1.53 bits per heavy atom. The van der Waals surface area contributed by atoms with E-state index in [1.54, 1.807) is 31.2 Å². The van der Waals surface area contributed by atoms with Gasteiger partial charge in [-0.3, -0.25) is 0 Å². The van der Waals surface area contributed by atoms with Gasteiger partial charge >= 0.3 is 5.97 Å². The fraction of sp³-hybridized carbons (Fsp3) is 0.429. The predicted molar refractivity (Wildman–Crippen MR) is 202 cm³/mol. The van der Waals surface area contributed by atoms with Gasteiger partial charge < -0.3 is 24.4 Å². The first-order chi connectivity index (χ1) is 24.9. The topological polar surface area (TPSA) is 124 Å². The number of phenolic OH excluding ortho intramolecular Hbond substituents is 2. The van der Waals surface area contributed by atoms with Crippen LogP contribution in [0.1, 0.15) is 97.3 Å². The maximum absolute atomic E-state index is 11.4. The third-order valence-electron chi connectivity index (χ3n) is 8.49. The molecule has 2 N–H and O–H groups in total. The Balaban J connectivity index is 1.30. The number of hydrogen-bond donors (Lipinski definition) is 2. The van der Waals surface area contributed by atoms with Crippen LogP contribution in [0.4, 0.5) is 0 Å². The van der Waals surface area contributed by atoms with Gasteiger partial charge in [0.05, 0.1) is 30.9 Å². The molecule has 0 saturated heterocycles. The van der Waals surface area contributed by atoms with E-state index in [0.717, 1.165) is 63.4 Å². The zero-order chi connectivity index (χ0) is 36.3. The molecule has 4 aromatic rings. The van der Waals surface area contributed by atoms with Crippen LogP contribution in [0.3, 0.4) is 0 Å². The van der Waals surface area contributed by atoms with Crippen LogP contribution in [0.15, 0.2) is 78.9 Å². The summed E-state index contributed by atoms with van der Waals surface area (Å²) in [5, 5.41) is 22.0. The van der Waals surface area contributed by atoms with Crippen molar-refractivity contribution in [2.24, 2.45) is 0 Å².